The van der Waals surface area contributed by atoms with Gasteiger partial charge in [0.25, 0.3) is 0 Å². The van der Waals surface area contributed by atoms with Gasteiger partial charge < -0.3 is 20.3 Å². The molecule has 0 spiro atoms. The monoisotopic (exact) mass is 868 g/mol. The van der Waals surface area contributed by atoms with Crippen LogP contribution in [0.15, 0.2) is 60.8 Å². The molecule has 62 heavy (non-hydrogen) atoms. The van der Waals surface area contributed by atoms with Crippen molar-refractivity contribution in [1.29, 1.82) is 0 Å². The first kappa shape index (κ1) is 59.6. The van der Waals surface area contributed by atoms with Crippen LogP contribution in [0.3, 0.4) is 0 Å². The van der Waals surface area contributed by atoms with Gasteiger partial charge in [-0.25, -0.2) is 0 Å². The van der Waals surface area contributed by atoms with Gasteiger partial charge in [-0.1, -0.05) is 236 Å². The number of hydrogen-bond donors (Lipinski definition) is 3. The molecule has 0 saturated heterocycles. The Kier molecular flexibility index (Phi) is 47.6. The predicted octanol–water partition coefficient (Wildman–Crippen LogP) is 16.0. The number of nitrogens with one attached hydrogen (secondary N) is 1. The molecule has 0 aliphatic heterocycles. The molecule has 3 N–H and O–H groups in total. The first-order chi connectivity index (χ1) is 30.5. The van der Waals surface area contributed by atoms with Crippen LogP contribution in [0.25, 0.3) is 0 Å². The third-order valence-electron chi connectivity index (χ3n) is 11.9. The number of hydrogen-bond acceptors (Lipinski definition) is 5. The van der Waals surface area contributed by atoms with Gasteiger partial charge in [0.05, 0.1) is 25.2 Å². The Morgan fingerprint density at radius 2 is 0.871 bits per heavy atom. The molecule has 3 unspecified atom stereocenters. The quantitative estimate of drug-likeness (QED) is 0.0322. The molecule has 360 valence electrons. The third kappa shape index (κ3) is 44.2. The fourth-order valence-electron chi connectivity index (χ4n) is 7.87. The number of unbranched alkanes of at least 4 members (excludes halogenated alkanes) is 25. The van der Waals surface area contributed by atoms with Gasteiger partial charge in [0.15, 0.2) is 0 Å². The zero-order chi connectivity index (χ0) is 45.2. The van der Waals surface area contributed by atoms with Crippen molar-refractivity contribution >= 4 is 11.9 Å². The van der Waals surface area contributed by atoms with Crippen LogP contribution < -0.4 is 5.32 Å². The highest BCUT2D eigenvalue weighted by Gasteiger charge is 2.24. The number of carbonyl (C=O) groups excluding carboxylic acids is 2. The van der Waals surface area contributed by atoms with Crippen molar-refractivity contribution in [2.75, 3.05) is 6.61 Å². The van der Waals surface area contributed by atoms with Gasteiger partial charge in [0, 0.05) is 6.42 Å². The molecular weight excluding hydrogens is 767 g/mol. The Morgan fingerprint density at radius 1 is 0.484 bits per heavy atom. The zero-order valence-corrected chi connectivity index (χ0v) is 41.0. The summed E-state index contributed by atoms with van der Waals surface area (Å²) in [5.74, 6) is -0.505. The SMILES string of the molecule is CC/C=C\C/C=C\C/C=C\C/C=C\C/C=C\CCCCCC(=O)OC(CCCCCCCCCCCCCCC)CC(=O)NC(CO)C(O)CCCCCCCCCCCCC. The highest BCUT2D eigenvalue weighted by atomic mass is 16.5. The van der Waals surface area contributed by atoms with Crippen LogP contribution in [-0.4, -0.2) is 46.9 Å². The highest BCUT2D eigenvalue weighted by molar-refractivity contribution is 5.77. The topological polar surface area (TPSA) is 95.9 Å². The summed E-state index contributed by atoms with van der Waals surface area (Å²) in [5.41, 5.74) is 0. The van der Waals surface area contributed by atoms with Crippen LogP contribution in [0.1, 0.15) is 258 Å². The smallest absolute Gasteiger partial charge is 0.306 e. The van der Waals surface area contributed by atoms with Crippen LogP contribution in [-0.2, 0) is 14.3 Å². The van der Waals surface area contributed by atoms with E-state index in [1.165, 1.54) is 122 Å². The largest absolute Gasteiger partial charge is 0.462 e. The van der Waals surface area contributed by atoms with E-state index in [1.807, 2.05) is 0 Å². The number of carbonyl (C=O) groups is 2. The molecule has 0 aromatic carbocycles. The average molecular weight is 868 g/mol. The number of aliphatic hydroxyl groups is 2. The molecule has 0 radical (unpaired) electrons. The van der Waals surface area contributed by atoms with Crippen LogP contribution >= 0.6 is 0 Å². The normalized spacial score (nSPS) is 13.7. The maximum atomic E-state index is 13.2. The molecule has 0 aliphatic rings. The summed E-state index contributed by atoms with van der Waals surface area (Å²) in [5, 5.41) is 23.7. The van der Waals surface area contributed by atoms with Crippen molar-refractivity contribution in [3.8, 4) is 0 Å². The van der Waals surface area contributed by atoms with Crippen molar-refractivity contribution in [3.05, 3.63) is 60.8 Å². The minimum atomic E-state index is -0.792. The summed E-state index contributed by atoms with van der Waals surface area (Å²) < 4.78 is 5.93. The van der Waals surface area contributed by atoms with E-state index in [1.54, 1.807) is 0 Å². The molecule has 1 amide bonds. The molecule has 0 fully saturated rings. The molecule has 0 aromatic rings. The summed E-state index contributed by atoms with van der Waals surface area (Å²) in [6.45, 7) is 6.36. The lowest BCUT2D eigenvalue weighted by molar-refractivity contribution is -0.151. The second-order valence-electron chi connectivity index (χ2n) is 17.9. The van der Waals surface area contributed by atoms with E-state index in [0.29, 0.717) is 19.3 Å². The lowest BCUT2D eigenvalue weighted by Gasteiger charge is -2.24. The summed E-state index contributed by atoms with van der Waals surface area (Å²) in [4.78, 5) is 26.2. The molecular formula is C56H101NO5. The molecule has 0 rings (SSSR count). The van der Waals surface area contributed by atoms with E-state index in [9.17, 15) is 19.8 Å². The first-order valence-electron chi connectivity index (χ1n) is 26.5. The van der Waals surface area contributed by atoms with E-state index >= 15 is 0 Å². The summed E-state index contributed by atoms with van der Waals surface area (Å²) in [6.07, 6.45) is 61.3. The van der Waals surface area contributed by atoms with Crippen LogP contribution in [0, 0.1) is 0 Å². The Balaban J connectivity index is 4.60. The van der Waals surface area contributed by atoms with Crippen molar-refractivity contribution in [1.82, 2.24) is 5.32 Å². The van der Waals surface area contributed by atoms with Crippen molar-refractivity contribution in [2.45, 2.75) is 277 Å². The van der Waals surface area contributed by atoms with Gasteiger partial charge in [-0.15, -0.1) is 0 Å². The Labute approximate surface area is 384 Å². The Hall–Kier alpha value is -2.44. The van der Waals surface area contributed by atoms with E-state index in [-0.39, 0.29) is 24.9 Å². The Morgan fingerprint density at radius 3 is 1.31 bits per heavy atom. The molecule has 6 heteroatoms. The molecule has 3 atom stereocenters. The average Bonchev–Trinajstić information content (AvgIpc) is 3.26. The second-order valence-corrected chi connectivity index (χ2v) is 17.9. The second kappa shape index (κ2) is 49.6. The van der Waals surface area contributed by atoms with Crippen LogP contribution in [0.5, 0.6) is 0 Å². The minimum absolute atomic E-state index is 0.0652. The summed E-state index contributed by atoms with van der Waals surface area (Å²) in [6, 6.07) is -0.707. The lowest BCUT2D eigenvalue weighted by atomic mass is 10.0. The fourth-order valence-corrected chi connectivity index (χ4v) is 7.87. The number of rotatable bonds is 47. The lowest BCUT2D eigenvalue weighted by Crippen LogP contribution is -2.46. The van der Waals surface area contributed by atoms with Gasteiger partial charge in [0.1, 0.15) is 6.10 Å². The number of esters is 1. The summed E-state index contributed by atoms with van der Waals surface area (Å²) in [7, 11) is 0. The molecule has 0 heterocycles. The van der Waals surface area contributed by atoms with E-state index in [0.717, 1.165) is 89.9 Å². The van der Waals surface area contributed by atoms with Crippen molar-refractivity contribution in [2.24, 2.45) is 0 Å². The minimum Gasteiger partial charge on any atom is -0.462 e. The molecule has 0 saturated carbocycles. The predicted molar refractivity (Wildman–Crippen MR) is 268 cm³/mol. The number of allylic oxidation sites excluding steroid dienone is 10. The highest BCUT2D eigenvalue weighted by Crippen LogP contribution is 2.18. The summed E-state index contributed by atoms with van der Waals surface area (Å²) >= 11 is 0. The maximum absolute atomic E-state index is 13.2. The van der Waals surface area contributed by atoms with Crippen LogP contribution in [0.4, 0.5) is 0 Å². The maximum Gasteiger partial charge on any atom is 0.306 e. The molecule has 0 bridgehead atoms. The first-order valence-corrected chi connectivity index (χ1v) is 26.5. The standard InChI is InChI=1S/C56H101NO5/c1-4-7-10-13-16-19-22-24-25-26-27-28-29-31-34-37-40-43-46-49-56(61)62-52(47-44-41-38-35-33-30-23-20-17-14-11-8-5-2)50-55(60)57-53(51-58)54(59)48-45-42-39-36-32-21-18-15-12-9-6-3/h7,10,16,19,24-25,27-28,31,34,52-54,58-59H,4-6,8-9,11-15,17-18,20-23,26,29-30,32-33,35-51H2,1-3H3,(H,57,60)/b10-7-,19-16-,25-24-,28-27-,34-31-. The number of amides is 1. The molecule has 6 nitrogen and oxygen atoms in total. The van der Waals surface area contributed by atoms with Crippen molar-refractivity contribution in [3.63, 3.8) is 0 Å². The van der Waals surface area contributed by atoms with Gasteiger partial charge in [-0.3, -0.25) is 9.59 Å². The molecule has 0 aromatic heterocycles. The van der Waals surface area contributed by atoms with E-state index in [2.05, 4.69) is 86.8 Å². The van der Waals surface area contributed by atoms with Gasteiger partial charge in [0.2, 0.25) is 5.91 Å². The van der Waals surface area contributed by atoms with Crippen molar-refractivity contribution < 1.29 is 24.5 Å². The molecule has 0 aliphatic carbocycles. The van der Waals surface area contributed by atoms with E-state index in [4.69, 9.17) is 4.74 Å². The van der Waals surface area contributed by atoms with Crippen LogP contribution in [0.2, 0.25) is 0 Å². The van der Waals surface area contributed by atoms with E-state index < -0.39 is 18.2 Å². The number of ether oxygens (including phenoxy) is 1. The van der Waals surface area contributed by atoms with Gasteiger partial charge in [-0.05, 0) is 70.6 Å². The van der Waals surface area contributed by atoms with Gasteiger partial charge in [-0.2, -0.15) is 0 Å². The fraction of sp³-hybridized carbons (Fsp3) is 0.786. The zero-order valence-electron chi connectivity index (χ0n) is 41.0. The third-order valence-corrected chi connectivity index (χ3v) is 11.9. The Bertz CT molecular complexity index is 1110. The number of aliphatic hydroxyl groups excluding tert-OH is 2. The van der Waals surface area contributed by atoms with Gasteiger partial charge >= 0.3 is 5.97 Å².